The van der Waals surface area contributed by atoms with Crippen LogP contribution in [0.3, 0.4) is 0 Å². The summed E-state index contributed by atoms with van der Waals surface area (Å²) >= 11 is 6.23. The Bertz CT molecular complexity index is 1000. The van der Waals surface area contributed by atoms with Crippen molar-refractivity contribution >= 4 is 17.4 Å². The second-order valence-electron chi connectivity index (χ2n) is 5.89. The fraction of sp³-hybridized carbons (Fsp3) is 0.0500. The number of nitrogens with two attached hydrogens (primary N) is 1. The number of nitrogens with zero attached hydrogens (tertiary/aromatic N) is 1. The van der Waals surface area contributed by atoms with Crippen molar-refractivity contribution in [3.63, 3.8) is 0 Å². The summed E-state index contributed by atoms with van der Waals surface area (Å²) < 4.78 is 14.6. The van der Waals surface area contributed by atoms with E-state index in [1.165, 1.54) is 24.3 Å². The quantitative estimate of drug-likeness (QED) is 0.265. The molecule has 4 nitrogen and oxygen atoms in total. The molecule has 0 amide bonds. The Balaban J connectivity index is 2.42. The van der Waals surface area contributed by atoms with E-state index >= 15 is 0 Å². The fourth-order valence-corrected chi connectivity index (χ4v) is 3.07. The highest BCUT2D eigenvalue weighted by Crippen LogP contribution is 2.39. The number of hydrogen-bond acceptors (Lipinski definition) is 3. The highest BCUT2D eigenvalue weighted by Gasteiger charge is 2.20. The van der Waals surface area contributed by atoms with Crippen molar-refractivity contribution < 1.29 is 14.7 Å². The van der Waals surface area contributed by atoms with Crippen molar-refractivity contribution in [3.05, 3.63) is 76.6 Å². The zero-order chi connectivity index (χ0) is 18.8. The minimum absolute atomic E-state index is 0.107. The van der Waals surface area contributed by atoms with Gasteiger partial charge in [0.25, 0.3) is 0 Å². The third kappa shape index (κ3) is 3.34. The van der Waals surface area contributed by atoms with Crippen LogP contribution in [0.25, 0.3) is 22.3 Å². The van der Waals surface area contributed by atoms with E-state index in [1.54, 1.807) is 30.3 Å². The van der Waals surface area contributed by atoms with E-state index in [2.05, 4.69) is 5.16 Å². The molecule has 0 saturated heterocycles. The minimum atomic E-state index is -0.440. The summed E-state index contributed by atoms with van der Waals surface area (Å²) in [6, 6.07) is 14.4. The van der Waals surface area contributed by atoms with Crippen molar-refractivity contribution in [1.82, 2.24) is 0 Å². The number of phenols is 1. The second-order valence-corrected chi connectivity index (χ2v) is 6.33. The zero-order valence-electron chi connectivity index (χ0n) is 13.9. The van der Waals surface area contributed by atoms with Crippen LogP contribution in [0, 0.1) is 12.7 Å². The van der Waals surface area contributed by atoms with Gasteiger partial charge in [-0.2, -0.15) is 0 Å². The van der Waals surface area contributed by atoms with Crippen LogP contribution in [-0.4, -0.2) is 16.1 Å². The van der Waals surface area contributed by atoms with Crippen LogP contribution < -0.4 is 5.73 Å². The van der Waals surface area contributed by atoms with Gasteiger partial charge in [-0.25, -0.2) is 4.39 Å². The van der Waals surface area contributed by atoms with Crippen LogP contribution >= 0.6 is 11.6 Å². The van der Waals surface area contributed by atoms with Crippen molar-refractivity contribution in [2.75, 3.05) is 0 Å². The first-order valence-electron chi connectivity index (χ1n) is 7.78. The van der Waals surface area contributed by atoms with Gasteiger partial charge in [-0.15, -0.1) is 0 Å². The Kier molecular flexibility index (Phi) is 4.82. The molecular formula is C20H16ClFN2O2. The molecule has 3 rings (SSSR count). The van der Waals surface area contributed by atoms with Gasteiger partial charge in [0.1, 0.15) is 11.6 Å². The maximum absolute atomic E-state index is 14.6. The molecular weight excluding hydrogens is 355 g/mol. The lowest BCUT2D eigenvalue weighted by Gasteiger charge is -2.17. The first-order chi connectivity index (χ1) is 12.4. The molecule has 3 aromatic rings. The van der Waals surface area contributed by atoms with Crippen molar-refractivity contribution in [2.45, 2.75) is 6.92 Å². The Hall–Kier alpha value is -3.05. The average Bonchev–Trinajstić information content (AvgIpc) is 2.63. The van der Waals surface area contributed by atoms with Crippen LogP contribution in [0.4, 0.5) is 4.39 Å². The molecule has 0 saturated carbocycles. The van der Waals surface area contributed by atoms with Gasteiger partial charge < -0.3 is 16.0 Å². The van der Waals surface area contributed by atoms with E-state index in [0.29, 0.717) is 32.8 Å². The number of halogens is 2. The van der Waals surface area contributed by atoms with Crippen molar-refractivity contribution in [1.29, 1.82) is 0 Å². The van der Waals surface area contributed by atoms with Crippen LogP contribution in [0.2, 0.25) is 5.02 Å². The van der Waals surface area contributed by atoms with Gasteiger partial charge in [0, 0.05) is 21.7 Å². The predicted molar refractivity (Wildman–Crippen MR) is 101 cm³/mol. The molecule has 0 spiro atoms. The zero-order valence-corrected chi connectivity index (χ0v) is 14.6. The predicted octanol–water partition coefficient (Wildman–Crippen LogP) is 4.92. The van der Waals surface area contributed by atoms with Crippen LogP contribution in [0.15, 0.2) is 59.8 Å². The van der Waals surface area contributed by atoms with E-state index < -0.39 is 5.82 Å². The molecule has 0 atom stereocenters. The van der Waals surface area contributed by atoms with Gasteiger partial charge in [-0.3, -0.25) is 0 Å². The molecule has 0 aliphatic rings. The number of amidine groups is 1. The van der Waals surface area contributed by atoms with Gasteiger partial charge >= 0.3 is 0 Å². The number of aromatic hydroxyl groups is 1. The molecule has 0 unspecified atom stereocenters. The number of rotatable bonds is 3. The van der Waals surface area contributed by atoms with Gasteiger partial charge in [-0.1, -0.05) is 40.5 Å². The smallest absolute Gasteiger partial charge is 0.170 e. The van der Waals surface area contributed by atoms with Gasteiger partial charge in [-0.05, 0) is 54.4 Å². The molecule has 0 heterocycles. The summed E-state index contributed by atoms with van der Waals surface area (Å²) in [4.78, 5) is 0. The summed E-state index contributed by atoms with van der Waals surface area (Å²) in [5.41, 5.74) is 9.08. The summed E-state index contributed by atoms with van der Waals surface area (Å²) in [6.45, 7) is 1.85. The number of benzene rings is 3. The first kappa shape index (κ1) is 17.8. The fourth-order valence-electron chi connectivity index (χ4n) is 2.85. The minimum Gasteiger partial charge on any atom is -0.508 e. The number of phenolic OH excluding ortho intramolecular Hbond substituents is 1. The summed E-state index contributed by atoms with van der Waals surface area (Å²) in [5.74, 6) is -0.510. The van der Waals surface area contributed by atoms with E-state index in [-0.39, 0.29) is 11.6 Å². The molecule has 3 aromatic carbocycles. The monoisotopic (exact) mass is 370 g/mol. The van der Waals surface area contributed by atoms with Gasteiger partial charge in [0.05, 0.1) is 0 Å². The van der Waals surface area contributed by atoms with Crippen molar-refractivity contribution in [3.8, 4) is 28.0 Å². The lowest BCUT2D eigenvalue weighted by Crippen LogP contribution is -2.15. The highest BCUT2D eigenvalue weighted by molar-refractivity contribution is 6.31. The molecule has 26 heavy (non-hydrogen) atoms. The Labute approximate surface area is 155 Å². The van der Waals surface area contributed by atoms with Crippen LogP contribution in [0.1, 0.15) is 11.1 Å². The third-order valence-corrected chi connectivity index (χ3v) is 4.27. The Morgan fingerprint density at radius 1 is 1.04 bits per heavy atom. The lowest BCUT2D eigenvalue weighted by atomic mass is 9.89. The summed E-state index contributed by atoms with van der Waals surface area (Å²) in [5, 5.41) is 22.1. The molecule has 0 radical (unpaired) electrons. The Morgan fingerprint density at radius 2 is 1.73 bits per heavy atom. The largest absolute Gasteiger partial charge is 0.508 e. The van der Waals surface area contributed by atoms with E-state index in [4.69, 9.17) is 22.5 Å². The summed E-state index contributed by atoms with van der Waals surface area (Å²) in [7, 11) is 0. The summed E-state index contributed by atoms with van der Waals surface area (Å²) in [6.07, 6.45) is 0. The van der Waals surface area contributed by atoms with Crippen molar-refractivity contribution in [2.24, 2.45) is 10.9 Å². The van der Waals surface area contributed by atoms with E-state index in [1.807, 2.05) is 6.92 Å². The molecule has 0 aliphatic heterocycles. The normalized spacial score (nSPS) is 11.6. The molecule has 0 fully saturated rings. The Morgan fingerprint density at radius 3 is 2.38 bits per heavy atom. The number of aryl methyl sites for hydroxylation is 1. The molecule has 0 bridgehead atoms. The number of oxime groups is 1. The molecule has 6 heteroatoms. The average molecular weight is 371 g/mol. The first-order valence-corrected chi connectivity index (χ1v) is 8.16. The molecule has 132 valence electrons. The maximum atomic E-state index is 14.6. The SMILES string of the molecule is Cc1ccc(F)c(-c2c(/C(N)=N/O)cc(Cl)cc2-c2ccc(O)cc2)c1. The maximum Gasteiger partial charge on any atom is 0.170 e. The lowest BCUT2D eigenvalue weighted by molar-refractivity contribution is 0.318. The number of hydrogen-bond donors (Lipinski definition) is 3. The molecule has 0 aliphatic carbocycles. The third-order valence-electron chi connectivity index (χ3n) is 4.06. The molecule has 0 aromatic heterocycles. The van der Waals surface area contributed by atoms with E-state index in [9.17, 15) is 9.50 Å². The van der Waals surface area contributed by atoms with Gasteiger partial charge in [0.15, 0.2) is 5.84 Å². The topological polar surface area (TPSA) is 78.8 Å². The highest BCUT2D eigenvalue weighted by atomic mass is 35.5. The molecule has 4 N–H and O–H groups in total. The van der Waals surface area contributed by atoms with Gasteiger partial charge in [0.2, 0.25) is 0 Å². The standard InChI is InChI=1S/C20H16ClFN2O2/c1-11-2-7-18(22)16(8-11)19-15(12-3-5-14(25)6-4-12)9-13(21)10-17(19)20(23)24-26/h2-10,25-26H,1H3,(H2,23,24). The van der Waals surface area contributed by atoms with Crippen LogP contribution in [-0.2, 0) is 0 Å². The second kappa shape index (κ2) is 7.06. The van der Waals surface area contributed by atoms with Crippen LogP contribution in [0.5, 0.6) is 5.75 Å². The van der Waals surface area contributed by atoms with E-state index in [0.717, 1.165) is 5.56 Å².